The molecule has 0 aliphatic carbocycles. The van der Waals surface area contributed by atoms with Crippen LogP contribution in [-0.4, -0.2) is 26.1 Å². The van der Waals surface area contributed by atoms with Crippen molar-refractivity contribution < 1.29 is 53.7 Å². The minimum absolute atomic E-state index is 0.00866. The number of benzene rings is 1. The van der Waals surface area contributed by atoms with E-state index in [0.717, 1.165) is 0 Å². The van der Waals surface area contributed by atoms with Crippen molar-refractivity contribution in [2.24, 2.45) is 0 Å². The zero-order valence-electron chi connectivity index (χ0n) is 11.5. The van der Waals surface area contributed by atoms with Crippen molar-refractivity contribution in [2.75, 3.05) is 7.05 Å². The van der Waals surface area contributed by atoms with Crippen molar-refractivity contribution in [1.29, 1.82) is 0 Å². The number of rotatable bonds is 5. The summed E-state index contributed by atoms with van der Waals surface area (Å²) in [6.45, 7) is -0.452. The Morgan fingerprint density at radius 3 is 1.46 bits per heavy atom. The molecular formula is C11H8F9NO3. The first-order valence-corrected chi connectivity index (χ1v) is 5.79. The van der Waals surface area contributed by atoms with Crippen LogP contribution in [0.3, 0.4) is 0 Å². The summed E-state index contributed by atoms with van der Waals surface area (Å²) >= 11 is 0. The molecule has 0 bridgehead atoms. The smallest absolute Gasteiger partial charge is 0.405 e. The van der Waals surface area contributed by atoms with Crippen LogP contribution in [0.4, 0.5) is 39.5 Å². The lowest BCUT2D eigenvalue weighted by molar-refractivity contribution is -0.288. The number of halogens is 9. The highest BCUT2D eigenvalue weighted by atomic mass is 19.4. The number of ether oxygens (including phenoxy) is 3. The summed E-state index contributed by atoms with van der Waals surface area (Å²) in [6.07, 6.45) is -16.2. The fourth-order valence-corrected chi connectivity index (χ4v) is 1.54. The largest absolute Gasteiger partial charge is 0.573 e. The average Bonchev–Trinajstić information content (AvgIpc) is 2.29. The Morgan fingerprint density at radius 1 is 0.708 bits per heavy atom. The van der Waals surface area contributed by atoms with Crippen LogP contribution in [0.1, 0.15) is 5.56 Å². The van der Waals surface area contributed by atoms with E-state index in [4.69, 9.17) is 0 Å². The zero-order chi connectivity index (χ0) is 18.8. The lowest BCUT2D eigenvalue weighted by atomic mass is 10.1. The van der Waals surface area contributed by atoms with Gasteiger partial charge in [-0.25, -0.2) is 0 Å². The average molecular weight is 373 g/mol. The maximum atomic E-state index is 12.3. The first-order valence-electron chi connectivity index (χ1n) is 5.79. The van der Waals surface area contributed by atoms with Gasteiger partial charge in [-0.3, -0.25) is 0 Å². The molecule has 0 saturated carbocycles. The van der Waals surface area contributed by atoms with Crippen molar-refractivity contribution in [3.05, 3.63) is 17.7 Å². The molecule has 0 saturated heterocycles. The Morgan fingerprint density at radius 2 is 1.08 bits per heavy atom. The maximum absolute atomic E-state index is 12.3. The van der Waals surface area contributed by atoms with E-state index < -0.39 is 48.4 Å². The van der Waals surface area contributed by atoms with Crippen LogP contribution in [0.15, 0.2) is 12.1 Å². The lowest BCUT2D eigenvalue weighted by Gasteiger charge is -2.19. The number of hydrogen-bond acceptors (Lipinski definition) is 4. The zero-order valence-corrected chi connectivity index (χ0v) is 11.5. The second kappa shape index (κ2) is 6.83. The number of nitrogens with one attached hydrogen (secondary N) is 1. The molecule has 1 rings (SSSR count). The number of hydrogen-bond donors (Lipinski definition) is 1. The second-order valence-corrected chi connectivity index (χ2v) is 4.08. The SMILES string of the molecule is CNCc1cc(OC(F)(F)F)c(OC(F)(F)F)cc1OC(F)(F)F. The molecule has 0 radical (unpaired) electrons. The van der Waals surface area contributed by atoms with Crippen LogP contribution in [0.5, 0.6) is 17.2 Å². The van der Waals surface area contributed by atoms with Crippen molar-refractivity contribution in [3.63, 3.8) is 0 Å². The summed E-state index contributed by atoms with van der Waals surface area (Å²) in [5.41, 5.74) is -0.538. The molecular weight excluding hydrogens is 365 g/mol. The number of alkyl halides is 9. The van der Waals surface area contributed by atoms with Crippen molar-refractivity contribution in [2.45, 2.75) is 25.6 Å². The highest BCUT2D eigenvalue weighted by Crippen LogP contribution is 2.41. The molecule has 0 aliphatic rings. The van der Waals surface area contributed by atoms with Crippen LogP contribution >= 0.6 is 0 Å². The Bertz CT molecular complexity index is 566. The van der Waals surface area contributed by atoms with Crippen LogP contribution in [0.25, 0.3) is 0 Å². The van der Waals surface area contributed by atoms with Gasteiger partial charge in [0.25, 0.3) is 0 Å². The van der Waals surface area contributed by atoms with Crippen molar-refractivity contribution in [1.82, 2.24) is 5.32 Å². The molecule has 4 nitrogen and oxygen atoms in total. The molecule has 0 fully saturated rings. The van der Waals surface area contributed by atoms with E-state index in [2.05, 4.69) is 19.5 Å². The van der Waals surface area contributed by atoms with Crippen LogP contribution in [-0.2, 0) is 6.54 Å². The molecule has 1 aromatic carbocycles. The summed E-state index contributed by atoms with van der Waals surface area (Å²) in [5.74, 6) is -4.29. The summed E-state index contributed by atoms with van der Waals surface area (Å²) in [5, 5.41) is 2.32. The quantitative estimate of drug-likeness (QED) is 0.789. The molecule has 0 heterocycles. The Hall–Kier alpha value is -2.05. The highest BCUT2D eigenvalue weighted by Gasteiger charge is 2.38. The fraction of sp³-hybridized carbons (Fsp3) is 0.455. The van der Waals surface area contributed by atoms with Crippen LogP contribution in [0, 0.1) is 0 Å². The monoisotopic (exact) mass is 373 g/mol. The lowest BCUT2D eigenvalue weighted by Crippen LogP contribution is -2.23. The topological polar surface area (TPSA) is 39.7 Å². The third-order valence-electron chi connectivity index (χ3n) is 2.17. The predicted molar refractivity (Wildman–Crippen MR) is 59.3 cm³/mol. The van der Waals surface area contributed by atoms with Crippen LogP contribution in [0.2, 0.25) is 0 Å². The first kappa shape index (κ1) is 20.0. The molecule has 0 aromatic heterocycles. The van der Waals surface area contributed by atoms with E-state index in [-0.39, 0.29) is 6.07 Å². The van der Waals surface area contributed by atoms with Gasteiger partial charge < -0.3 is 19.5 Å². The Labute approximate surface area is 128 Å². The third kappa shape index (κ3) is 7.02. The van der Waals surface area contributed by atoms with E-state index in [1.54, 1.807) is 0 Å². The van der Waals surface area contributed by atoms with Gasteiger partial charge in [0, 0.05) is 18.2 Å². The van der Waals surface area contributed by atoms with Gasteiger partial charge in [-0.15, -0.1) is 39.5 Å². The summed E-state index contributed by atoms with van der Waals surface area (Å²) in [4.78, 5) is 0. The Kier molecular flexibility index (Phi) is 5.69. The van der Waals surface area contributed by atoms with Gasteiger partial charge in [-0.2, -0.15) is 0 Å². The van der Waals surface area contributed by atoms with Crippen LogP contribution < -0.4 is 19.5 Å². The highest BCUT2D eigenvalue weighted by molar-refractivity contribution is 5.51. The maximum Gasteiger partial charge on any atom is 0.573 e. The molecule has 0 atom stereocenters. The van der Waals surface area contributed by atoms with Gasteiger partial charge in [0.15, 0.2) is 11.5 Å². The fourth-order valence-electron chi connectivity index (χ4n) is 1.54. The minimum atomic E-state index is -5.47. The van der Waals surface area contributed by atoms with E-state index >= 15 is 0 Å². The second-order valence-electron chi connectivity index (χ2n) is 4.08. The minimum Gasteiger partial charge on any atom is -0.405 e. The van der Waals surface area contributed by atoms with Gasteiger partial charge in [0.2, 0.25) is 0 Å². The normalized spacial score (nSPS) is 12.9. The molecule has 1 aromatic rings. The molecule has 1 N–H and O–H groups in total. The Balaban J connectivity index is 3.41. The predicted octanol–water partition coefficient (Wildman–Crippen LogP) is 4.10. The van der Waals surface area contributed by atoms with Gasteiger partial charge >= 0.3 is 19.1 Å². The van der Waals surface area contributed by atoms with Crippen molar-refractivity contribution >= 4 is 0 Å². The van der Waals surface area contributed by atoms with E-state index in [1.165, 1.54) is 7.05 Å². The molecule has 138 valence electrons. The summed E-state index contributed by atoms with van der Waals surface area (Å²) in [6, 6.07) is 0.306. The summed E-state index contributed by atoms with van der Waals surface area (Å²) < 4.78 is 120. The standard InChI is InChI=1S/C11H8F9NO3/c1-21-4-5-2-7(23-10(15,16)17)8(24-11(18,19)20)3-6(5)22-9(12,13)14/h2-3,21H,4H2,1H3. The van der Waals surface area contributed by atoms with Gasteiger partial charge in [-0.1, -0.05) is 0 Å². The first-order chi connectivity index (χ1) is 10.7. The van der Waals surface area contributed by atoms with Gasteiger partial charge in [0.1, 0.15) is 5.75 Å². The van der Waals surface area contributed by atoms with Gasteiger partial charge in [0.05, 0.1) is 0 Å². The van der Waals surface area contributed by atoms with Crippen molar-refractivity contribution in [3.8, 4) is 17.2 Å². The van der Waals surface area contributed by atoms with Gasteiger partial charge in [-0.05, 0) is 13.1 Å². The molecule has 24 heavy (non-hydrogen) atoms. The van der Waals surface area contributed by atoms with E-state index in [1.807, 2.05) is 0 Å². The molecule has 0 amide bonds. The molecule has 0 spiro atoms. The third-order valence-corrected chi connectivity index (χ3v) is 2.17. The summed E-state index contributed by atoms with van der Waals surface area (Å²) in [7, 11) is 1.24. The molecule has 13 heteroatoms. The van der Waals surface area contributed by atoms with E-state index in [9.17, 15) is 39.5 Å². The molecule has 0 aliphatic heterocycles. The molecule has 0 unspecified atom stereocenters. The van der Waals surface area contributed by atoms with E-state index in [0.29, 0.717) is 6.07 Å².